The van der Waals surface area contributed by atoms with Crippen molar-refractivity contribution < 1.29 is 41.7 Å². The van der Waals surface area contributed by atoms with E-state index in [9.17, 15) is 27.2 Å². The fourth-order valence-electron chi connectivity index (χ4n) is 4.21. The Morgan fingerprint density at radius 2 is 1.90 bits per heavy atom. The predicted molar refractivity (Wildman–Crippen MR) is 146 cm³/mol. The van der Waals surface area contributed by atoms with E-state index in [2.05, 4.69) is 4.90 Å². The van der Waals surface area contributed by atoms with Crippen LogP contribution in [0.4, 0.5) is 17.6 Å². The van der Waals surface area contributed by atoms with Gasteiger partial charge in [0.05, 0.1) is 23.7 Å². The largest absolute Gasteiger partial charge is 0.492 e. The van der Waals surface area contributed by atoms with Gasteiger partial charge in [-0.3, -0.25) is 19.4 Å². The summed E-state index contributed by atoms with van der Waals surface area (Å²) in [5, 5.41) is 8.89. The third-order valence-electron chi connectivity index (χ3n) is 6.32. The molecule has 40 heavy (non-hydrogen) atoms. The molecule has 0 atom stereocenters. The summed E-state index contributed by atoms with van der Waals surface area (Å²) >= 11 is 6.33. The number of carbonyl (C=O) groups is 2. The summed E-state index contributed by atoms with van der Waals surface area (Å²) < 4.78 is 66.2. The maximum atomic E-state index is 14.7. The lowest BCUT2D eigenvalue weighted by Gasteiger charge is -2.26. The zero-order valence-corrected chi connectivity index (χ0v) is 22.8. The van der Waals surface area contributed by atoms with Gasteiger partial charge in [0, 0.05) is 43.7 Å². The molecule has 13 heteroatoms. The van der Waals surface area contributed by atoms with Crippen LogP contribution in [0.2, 0.25) is 0 Å². The number of alkyl halides is 3. The minimum Gasteiger partial charge on any atom is -0.492 e. The normalized spacial score (nSPS) is 17.6. The molecule has 0 radical (unpaired) electrons. The summed E-state index contributed by atoms with van der Waals surface area (Å²) in [6.07, 6.45) is -3.05. The van der Waals surface area contributed by atoms with E-state index in [4.69, 9.17) is 26.8 Å². The summed E-state index contributed by atoms with van der Waals surface area (Å²) in [4.78, 5) is 27.6. The minimum atomic E-state index is -4.65. The van der Waals surface area contributed by atoms with Crippen molar-refractivity contribution in [1.82, 2.24) is 9.80 Å². The average molecular weight is 599 g/mol. The van der Waals surface area contributed by atoms with Gasteiger partial charge in [0.25, 0.3) is 5.91 Å². The minimum absolute atomic E-state index is 0.123. The Hall–Kier alpha value is -3.00. The first-order valence-electron chi connectivity index (χ1n) is 12.4. The first-order valence-corrected chi connectivity index (χ1v) is 13.7. The summed E-state index contributed by atoms with van der Waals surface area (Å²) in [5.74, 6) is -1.88. The zero-order chi connectivity index (χ0) is 28.9. The van der Waals surface area contributed by atoms with Gasteiger partial charge in [-0.05, 0) is 48.4 Å². The third-order valence-corrected chi connectivity index (χ3v) is 7.69. The van der Waals surface area contributed by atoms with Gasteiger partial charge in [0.2, 0.25) is 0 Å². The van der Waals surface area contributed by atoms with Gasteiger partial charge in [-0.2, -0.15) is 13.2 Å². The lowest BCUT2D eigenvalue weighted by atomic mass is 9.99. The number of aliphatic carboxylic acids is 1. The van der Waals surface area contributed by atoms with Gasteiger partial charge in [0.15, 0.2) is 0 Å². The Balaban J connectivity index is 1.64. The van der Waals surface area contributed by atoms with Gasteiger partial charge in [-0.15, -0.1) is 0 Å². The van der Waals surface area contributed by atoms with Crippen molar-refractivity contribution in [2.24, 2.45) is 0 Å². The van der Waals surface area contributed by atoms with Crippen LogP contribution in [0.5, 0.6) is 5.75 Å². The maximum Gasteiger partial charge on any atom is 0.416 e. The van der Waals surface area contributed by atoms with E-state index < -0.39 is 29.4 Å². The second-order valence-corrected chi connectivity index (χ2v) is 10.8. The molecule has 0 bridgehead atoms. The molecule has 2 aromatic rings. The molecule has 7 nitrogen and oxygen atoms in total. The van der Waals surface area contributed by atoms with Gasteiger partial charge in [-0.1, -0.05) is 30.0 Å². The Labute approximate surface area is 237 Å². The number of benzene rings is 2. The van der Waals surface area contributed by atoms with Crippen molar-refractivity contribution in [3.63, 3.8) is 0 Å². The maximum absolute atomic E-state index is 14.7. The van der Waals surface area contributed by atoms with Crippen LogP contribution in [0.3, 0.4) is 0 Å². The highest BCUT2D eigenvalue weighted by molar-refractivity contribution is 8.26. The molecule has 0 aliphatic carbocycles. The van der Waals surface area contributed by atoms with Crippen LogP contribution in [0.15, 0.2) is 41.3 Å². The number of halogens is 4. The number of morpholine rings is 1. The number of ether oxygens (including phenoxy) is 2. The van der Waals surface area contributed by atoms with Gasteiger partial charge >= 0.3 is 12.1 Å². The third kappa shape index (κ3) is 7.59. The highest BCUT2D eigenvalue weighted by Gasteiger charge is 2.33. The number of thiocarbonyl (C=S) groups is 1. The van der Waals surface area contributed by atoms with Crippen molar-refractivity contribution in [3.8, 4) is 16.9 Å². The molecular weight excluding hydrogens is 572 g/mol. The van der Waals surface area contributed by atoms with Crippen LogP contribution in [-0.4, -0.2) is 77.1 Å². The number of carboxylic acids is 1. The fourth-order valence-corrected chi connectivity index (χ4v) is 5.51. The van der Waals surface area contributed by atoms with Crippen LogP contribution in [0.1, 0.15) is 24.0 Å². The van der Waals surface area contributed by atoms with E-state index >= 15 is 0 Å². The van der Waals surface area contributed by atoms with Crippen molar-refractivity contribution in [2.75, 3.05) is 46.0 Å². The molecule has 1 N–H and O–H groups in total. The summed E-state index contributed by atoms with van der Waals surface area (Å²) in [5.41, 5.74) is -0.696. The van der Waals surface area contributed by atoms with E-state index in [0.29, 0.717) is 43.7 Å². The summed E-state index contributed by atoms with van der Waals surface area (Å²) in [6, 6.07) is 6.67. The smallest absolute Gasteiger partial charge is 0.416 e. The van der Waals surface area contributed by atoms with Crippen LogP contribution >= 0.6 is 24.0 Å². The number of thioether (sulfide) groups is 1. The topological polar surface area (TPSA) is 79.3 Å². The number of nitrogens with zero attached hydrogens (tertiary/aromatic N) is 2. The molecule has 2 saturated heterocycles. The summed E-state index contributed by atoms with van der Waals surface area (Å²) in [6.45, 7) is 3.80. The van der Waals surface area contributed by atoms with Crippen molar-refractivity contribution in [3.05, 3.63) is 58.2 Å². The number of carbonyl (C=O) groups excluding carboxylic acids is 1. The van der Waals surface area contributed by atoms with E-state index in [0.717, 1.165) is 37.0 Å². The van der Waals surface area contributed by atoms with Crippen LogP contribution in [0.25, 0.3) is 17.2 Å². The number of hydrogen-bond donors (Lipinski definition) is 1. The van der Waals surface area contributed by atoms with Gasteiger partial charge in [-0.25, -0.2) is 4.39 Å². The van der Waals surface area contributed by atoms with E-state index in [1.54, 1.807) is 0 Å². The number of rotatable bonds is 10. The Bertz CT molecular complexity index is 1310. The molecule has 2 aliphatic heterocycles. The number of amides is 1. The molecule has 0 unspecified atom stereocenters. The van der Waals surface area contributed by atoms with Gasteiger partial charge in [0.1, 0.15) is 22.5 Å². The molecule has 2 aromatic carbocycles. The highest BCUT2D eigenvalue weighted by Crippen LogP contribution is 2.38. The molecule has 0 aromatic heterocycles. The van der Waals surface area contributed by atoms with Crippen molar-refractivity contribution >= 4 is 46.3 Å². The molecule has 1 amide bonds. The molecule has 4 rings (SSSR count). The monoisotopic (exact) mass is 598 g/mol. The lowest BCUT2D eigenvalue weighted by molar-refractivity contribution is -0.138. The Morgan fingerprint density at radius 1 is 1.15 bits per heavy atom. The number of hydrogen-bond acceptors (Lipinski definition) is 7. The van der Waals surface area contributed by atoms with E-state index in [-0.39, 0.29) is 39.7 Å². The highest BCUT2D eigenvalue weighted by atomic mass is 32.2. The predicted octanol–water partition coefficient (Wildman–Crippen LogP) is 5.29. The van der Waals surface area contributed by atoms with Crippen LogP contribution < -0.4 is 4.74 Å². The first-order chi connectivity index (χ1) is 19.0. The standard InChI is InChI=1S/C27H26F4N2O5S2/c28-21-5-4-19(27(29,30)31)16-20(21)17-3-6-22(38-13-10-32-8-11-37-12-9-32)18(14-17)15-23-25(36)33(26(39)40-23)7-1-2-24(34)35/h3-6,14-16H,1-2,7-13H2,(H,34,35). The van der Waals surface area contributed by atoms with Crippen LogP contribution in [-0.2, 0) is 20.5 Å². The Morgan fingerprint density at radius 3 is 2.60 bits per heavy atom. The molecule has 2 heterocycles. The lowest BCUT2D eigenvalue weighted by Crippen LogP contribution is -2.38. The Kier molecular flexibility index (Phi) is 9.82. The SMILES string of the molecule is O=C(O)CCCN1C(=O)C(=Cc2cc(-c3cc(C(F)(F)F)ccc3F)ccc2OCCN2CCOCC2)SC1=S. The summed E-state index contributed by atoms with van der Waals surface area (Å²) in [7, 11) is 0. The number of carboxylic acid groups (broad SMARTS) is 1. The molecular formula is C27H26F4N2O5S2. The van der Waals surface area contributed by atoms with Crippen molar-refractivity contribution in [1.29, 1.82) is 0 Å². The van der Waals surface area contributed by atoms with E-state index in [1.807, 2.05) is 0 Å². The first kappa shape index (κ1) is 30.0. The zero-order valence-electron chi connectivity index (χ0n) is 21.2. The molecule has 0 spiro atoms. The average Bonchev–Trinajstić information content (AvgIpc) is 3.17. The molecule has 0 saturated carbocycles. The molecule has 214 valence electrons. The quantitative estimate of drug-likeness (QED) is 0.225. The van der Waals surface area contributed by atoms with Crippen molar-refractivity contribution in [2.45, 2.75) is 19.0 Å². The van der Waals surface area contributed by atoms with Crippen LogP contribution in [0, 0.1) is 5.82 Å². The molecule has 2 aliphatic rings. The van der Waals surface area contributed by atoms with Gasteiger partial charge < -0.3 is 14.6 Å². The second kappa shape index (κ2) is 13.1. The van der Waals surface area contributed by atoms with E-state index in [1.165, 1.54) is 29.2 Å². The second-order valence-electron chi connectivity index (χ2n) is 9.08. The molecule has 2 fully saturated rings. The fraction of sp³-hybridized carbons (Fsp3) is 0.370.